The molecule has 7 heteroatoms. The average molecular weight is 291 g/mol. The summed E-state index contributed by atoms with van der Waals surface area (Å²) in [6, 6.07) is 5.21. The molecule has 0 spiro atoms. The van der Waals surface area contributed by atoms with Crippen molar-refractivity contribution < 1.29 is 4.92 Å². The number of nitrogens with zero attached hydrogens (tertiary/aromatic N) is 4. The van der Waals surface area contributed by atoms with E-state index >= 15 is 0 Å². The molecular weight excluding hydrogens is 270 g/mol. The van der Waals surface area contributed by atoms with Crippen molar-refractivity contribution in [3.05, 3.63) is 22.2 Å². The number of nitro groups is 1. The molecule has 0 saturated carbocycles. The summed E-state index contributed by atoms with van der Waals surface area (Å²) in [6.45, 7) is 7.43. The third-order valence-electron chi connectivity index (χ3n) is 3.00. The molecule has 0 aliphatic carbocycles. The lowest BCUT2D eigenvalue weighted by Crippen LogP contribution is -2.29. The Labute approximate surface area is 124 Å². The van der Waals surface area contributed by atoms with Crippen LogP contribution in [0.2, 0.25) is 0 Å². The molecule has 0 radical (unpaired) electrons. The standard InChI is InChI=1S/C14H21N5O2/c1-4-8-16-13-7-6-12(19(20)21)14(17-13)18(5-2)10-11(3)9-15/h6-7,11H,4-5,8,10H2,1-3H3,(H,16,17). The zero-order valence-electron chi connectivity index (χ0n) is 12.7. The van der Waals surface area contributed by atoms with Crippen LogP contribution in [0, 0.1) is 27.4 Å². The van der Waals surface area contributed by atoms with Crippen LogP contribution >= 0.6 is 0 Å². The fourth-order valence-electron chi connectivity index (χ4n) is 1.90. The summed E-state index contributed by atoms with van der Waals surface area (Å²) in [5.41, 5.74) is -0.0379. The van der Waals surface area contributed by atoms with Crippen molar-refractivity contribution in [1.29, 1.82) is 5.26 Å². The number of nitrogens with one attached hydrogen (secondary N) is 1. The Hall–Kier alpha value is -2.36. The van der Waals surface area contributed by atoms with E-state index in [1.54, 1.807) is 17.9 Å². The maximum absolute atomic E-state index is 11.2. The Morgan fingerprint density at radius 3 is 2.76 bits per heavy atom. The second kappa shape index (κ2) is 8.04. The molecule has 0 bridgehead atoms. The minimum atomic E-state index is -0.439. The monoisotopic (exact) mass is 291 g/mol. The van der Waals surface area contributed by atoms with E-state index in [4.69, 9.17) is 5.26 Å². The van der Waals surface area contributed by atoms with Gasteiger partial charge in [-0.25, -0.2) is 4.98 Å². The van der Waals surface area contributed by atoms with Crippen LogP contribution in [0.4, 0.5) is 17.3 Å². The SMILES string of the molecule is CCCNc1ccc([N+](=O)[O-])c(N(CC)CC(C)C#N)n1. The molecule has 0 saturated heterocycles. The first-order chi connectivity index (χ1) is 10.0. The number of hydrogen-bond acceptors (Lipinski definition) is 6. The fraction of sp³-hybridized carbons (Fsp3) is 0.571. The Morgan fingerprint density at radius 1 is 1.52 bits per heavy atom. The molecule has 0 amide bonds. The van der Waals surface area contributed by atoms with Crippen molar-refractivity contribution in [2.75, 3.05) is 29.9 Å². The average Bonchev–Trinajstić information content (AvgIpc) is 2.49. The molecule has 0 fully saturated rings. The van der Waals surface area contributed by atoms with Gasteiger partial charge in [-0.1, -0.05) is 6.92 Å². The summed E-state index contributed by atoms with van der Waals surface area (Å²) in [4.78, 5) is 16.9. The number of rotatable bonds is 8. The first kappa shape index (κ1) is 16.7. The summed E-state index contributed by atoms with van der Waals surface area (Å²) in [5.74, 6) is 0.699. The van der Waals surface area contributed by atoms with Gasteiger partial charge in [0.1, 0.15) is 5.82 Å². The van der Waals surface area contributed by atoms with Gasteiger partial charge in [0.25, 0.3) is 0 Å². The minimum Gasteiger partial charge on any atom is -0.370 e. The maximum Gasteiger partial charge on any atom is 0.311 e. The van der Waals surface area contributed by atoms with Crippen molar-refractivity contribution in [3.8, 4) is 6.07 Å². The van der Waals surface area contributed by atoms with Crippen molar-refractivity contribution in [3.63, 3.8) is 0 Å². The molecule has 21 heavy (non-hydrogen) atoms. The minimum absolute atomic E-state index is 0.0379. The van der Waals surface area contributed by atoms with E-state index in [0.717, 1.165) is 13.0 Å². The molecule has 1 atom stereocenters. The third-order valence-corrected chi connectivity index (χ3v) is 3.00. The third kappa shape index (κ3) is 4.60. The molecule has 1 rings (SSSR count). The topological polar surface area (TPSA) is 95.1 Å². The van der Waals surface area contributed by atoms with Crippen LogP contribution in [-0.2, 0) is 0 Å². The quantitative estimate of drug-likeness (QED) is 0.584. The number of pyridine rings is 1. The van der Waals surface area contributed by atoms with Gasteiger partial charge in [-0.2, -0.15) is 5.26 Å². The molecule has 1 heterocycles. The summed E-state index contributed by atoms with van der Waals surface area (Å²) in [7, 11) is 0. The van der Waals surface area contributed by atoms with Gasteiger partial charge < -0.3 is 10.2 Å². The van der Waals surface area contributed by atoms with E-state index < -0.39 is 4.92 Å². The molecule has 0 aliphatic heterocycles. The fourth-order valence-corrected chi connectivity index (χ4v) is 1.90. The highest BCUT2D eigenvalue weighted by Crippen LogP contribution is 2.28. The highest BCUT2D eigenvalue weighted by atomic mass is 16.6. The molecular formula is C14H21N5O2. The summed E-state index contributed by atoms with van der Waals surface area (Å²) < 4.78 is 0. The van der Waals surface area contributed by atoms with E-state index in [-0.39, 0.29) is 11.6 Å². The Bertz CT molecular complexity index is 527. The smallest absolute Gasteiger partial charge is 0.311 e. The number of nitriles is 1. The van der Waals surface area contributed by atoms with Crippen LogP contribution < -0.4 is 10.2 Å². The molecule has 1 N–H and O–H groups in total. The Balaban J connectivity index is 3.14. The lowest BCUT2D eigenvalue weighted by atomic mass is 10.2. The lowest BCUT2D eigenvalue weighted by Gasteiger charge is -2.23. The highest BCUT2D eigenvalue weighted by molar-refractivity contribution is 5.61. The van der Waals surface area contributed by atoms with Gasteiger partial charge in [-0.05, 0) is 26.3 Å². The largest absolute Gasteiger partial charge is 0.370 e. The summed E-state index contributed by atoms with van der Waals surface area (Å²) in [6.07, 6.45) is 0.941. The molecule has 7 nitrogen and oxygen atoms in total. The molecule has 0 aliphatic rings. The van der Waals surface area contributed by atoms with Gasteiger partial charge in [0, 0.05) is 25.7 Å². The highest BCUT2D eigenvalue weighted by Gasteiger charge is 2.22. The molecule has 1 aromatic rings. The normalized spacial score (nSPS) is 11.5. The molecule has 114 valence electrons. The number of aromatic nitrogens is 1. The van der Waals surface area contributed by atoms with Gasteiger partial charge in [0.05, 0.1) is 16.9 Å². The number of anilines is 2. The van der Waals surface area contributed by atoms with Crippen molar-refractivity contribution in [2.45, 2.75) is 27.2 Å². The second-order valence-corrected chi connectivity index (χ2v) is 4.79. The van der Waals surface area contributed by atoms with Gasteiger partial charge in [-0.3, -0.25) is 10.1 Å². The summed E-state index contributed by atoms with van der Waals surface area (Å²) in [5, 5.41) is 23.2. The Kier molecular flexibility index (Phi) is 6.40. The Morgan fingerprint density at radius 2 is 2.24 bits per heavy atom. The van der Waals surface area contributed by atoms with Gasteiger partial charge >= 0.3 is 5.69 Å². The first-order valence-corrected chi connectivity index (χ1v) is 7.07. The second-order valence-electron chi connectivity index (χ2n) is 4.79. The van der Waals surface area contributed by atoms with E-state index in [1.165, 1.54) is 6.07 Å². The van der Waals surface area contributed by atoms with E-state index in [9.17, 15) is 10.1 Å². The molecule has 0 aromatic carbocycles. The zero-order chi connectivity index (χ0) is 15.8. The van der Waals surface area contributed by atoms with Crippen LogP contribution in [0.1, 0.15) is 27.2 Å². The first-order valence-electron chi connectivity index (χ1n) is 7.07. The van der Waals surface area contributed by atoms with Crippen LogP contribution in [0.25, 0.3) is 0 Å². The van der Waals surface area contributed by atoms with Crippen LogP contribution in [-0.4, -0.2) is 29.5 Å². The van der Waals surface area contributed by atoms with Crippen molar-refractivity contribution >= 4 is 17.3 Å². The van der Waals surface area contributed by atoms with E-state index in [2.05, 4.69) is 16.4 Å². The van der Waals surface area contributed by atoms with Gasteiger partial charge in [0.15, 0.2) is 0 Å². The predicted octanol–water partition coefficient (Wildman–Crippen LogP) is 2.80. The zero-order valence-corrected chi connectivity index (χ0v) is 12.7. The van der Waals surface area contributed by atoms with Crippen LogP contribution in [0.3, 0.4) is 0 Å². The van der Waals surface area contributed by atoms with Crippen LogP contribution in [0.15, 0.2) is 12.1 Å². The maximum atomic E-state index is 11.2. The van der Waals surface area contributed by atoms with E-state index in [0.29, 0.717) is 24.7 Å². The van der Waals surface area contributed by atoms with Crippen LogP contribution in [0.5, 0.6) is 0 Å². The number of hydrogen-bond donors (Lipinski definition) is 1. The predicted molar refractivity (Wildman–Crippen MR) is 82.3 cm³/mol. The van der Waals surface area contributed by atoms with Crippen molar-refractivity contribution in [2.24, 2.45) is 5.92 Å². The van der Waals surface area contributed by atoms with Crippen molar-refractivity contribution in [1.82, 2.24) is 4.98 Å². The van der Waals surface area contributed by atoms with Gasteiger partial charge in [-0.15, -0.1) is 0 Å². The lowest BCUT2D eigenvalue weighted by molar-refractivity contribution is -0.384. The summed E-state index contributed by atoms with van der Waals surface area (Å²) >= 11 is 0. The van der Waals surface area contributed by atoms with E-state index in [1.807, 2.05) is 13.8 Å². The van der Waals surface area contributed by atoms with Gasteiger partial charge in [0.2, 0.25) is 5.82 Å². The molecule has 1 unspecified atom stereocenters. The molecule has 1 aromatic heterocycles.